The molecule has 1 aliphatic rings. The van der Waals surface area contributed by atoms with E-state index in [0.717, 1.165) is 0 Å². The second-order valence-corrected chi connectivity index (χ2v) is 8.99. The monoisotopic (exact) mass is 458 g/mol. The van der Waals surface area contributed by atoms with Gasteiger partial charge < -0.3 is 14.8 Å². The number of nitrogens with one attached hydrogen (secondary N) is 1. The minimum atomic E-state index is -3.68. The molecule has 0 unspecified atom stereocenters. The largest absolute Gasteiger partial charge is 0.484 e. The van der Waals surface area contributed by atoms with Gasteiger partial charge in [-0.2, -0.15) is 4.31 Å². The molecule has 1 aliphatic heterocycles. The molecule has 168 valence electrons. The average Bonchev–Trinajstić information content (AvgIpc) is 3.35. The van der Waals surface area contributed by atoms with Gasteiger partial charge in [0.1, 0.15) is 12.1 Å². The van der Waals surface area contributed by atoms with E-state index in [-0.39, 0.29) is 11.5 Å². The lowest BCUT2D eigenvalue weighted by Gasteiger charge is -2.26. The number of anilines is 1. The zero-order valence-electron chi connectivity index (χ0n) is 17.3. The van der Waals surface area contributed by atoms with Crippen molar-refractivity contribution in [2.45, 2.75) is 11.8 Å². The van der Waals surface area contributed by atoms with Crippen LogP contribution in [0.1, 0.15) is 5.56 Å². The van der Waals surface area contributed by atoms with Crippen molar-refractivity contribution < 1.29 is 22.7 Å². The first-order valence-electron chi connectivity index (χ1n) is 9.88. The van der Waals surface area contributed by atoms with E-state index in [2.05, 4.69) is 20.8 Å². The quantitative estimate of drug-likeness (QED) is 0.555. The van der Waals surface area contributed by atoms with Gasteiger partial charge >= 0.3 is 0 Å². The third-order valence-electron chi connectivity index (χ3n) is 4.86. The zero-order chi connectivity index (χ0) is 22.6. The fraction of sp³-hybridized carbons (Fsp3) is 0.300. The molecule has 12 heteroatoms. The number of nitrogens with zero attached hydrogens (tertiary/aromatic N) is 5. The maximum Gasteiger partial charge on any atom is 0.262 e. The second-order valence-electron chi connectivity index (χ2n) is 7.09. The van der Waals surface area contributed by atoms with E-state index in [4.69, 9.17) is 9.47 Å². The maximum atomic E-state index is 13.0. The lowest BCUT2D eigenvalue weighted by atomic mass is 10.2. The van der Waals surface area contributed by atoms with Crippen LogP contribution in [0, 0.1) is 6.92 Å². The van der Waals surface area contributed by atoms with E-state index in [1.807, 2.05) is 0 Å². The number of hydrogen-bond donors (Lipinski definition) is 1. The SMILES string of the molecule is Cc1ccc(NC(=O)COc2cccc(-n3cnnn3)c2)cc1S(=O)(=O)N1CCOCC1. The molecule has 0 atom stereocenters. The van der Waals surface area contributed by atoms with Gasteiger partial charge in [0, 0.05) is 24.8 Å². The topological polar surface area (TPSA) is 129 Å². The van der Waals surface area contributed by atoms with Crippen molar-refractivity contribution in [1.29, 1.82) is 0 Å². The second kappa shape index (κ2) is 9.42. The smallest absolute Gasteiger partial charge is 0.262 e. The molecule has 4 rings (SSSR count). The van der Waals surface area contributed by atoms with Crippen molar-refractivity contribution in [3.05, 3.63) is 54.4 Å². The highest BCUT2D eigenvalue weighted by atomic mass is 32.2. The first-order chi connectivity index (χ1) is 15.4. The van der Waals surface area contributed by atoms with Gasteiger partial charge in [0.05, 0.1) is 23.8 Å². The predicted octanol–water partition coefficient (Wildman–Crippen LogP) is 1.01. The van der Waals surface area contributed by atoms with Crippen molar-refractivity contribution in [1.82, 2.24) is 24.5 Å². The average molecular weight is 459 g/mol. The van der Waals surface area contributed by atoms with Crippen LogP contribution in [0.15, 0.2) is 53.7 Å². The van der Waals surface area contributed by atoms with E-state index in [1.165, 1.54) is 21.4 Å². The Kier molecular flexibility index (Phi) is 6.44. The fourth-order valence-corrected chi connectivity index (χ4v) is 4.88. The molecule has 1 fully saturated rings. The Morgan fingerprint density at radius 1 is 1.19 bits per heavy atom. The van der Waals surface area contributed by atoms with Crippen molar-refractivity contribution >= 4 is 21.6 Å². The van der Waals surface area contributed by atoms with Gasteiger partial charge in [-0.25, -0.2) is 13.1 Å². The van der Waals surface area contributed by atoms with Gasteiger partial charge in [-0.3, -0.25) is 4.79 Å². The van der Waals surface area contributed by atoms with Crippen LogP contribution in [0.2, 0.25) is 0 Å². The molecule has 1 aromatic heterocycles. The number of hydrogen-bond acceptors (Lipinski definition) is 8. The van der Waals surface area contributed by atoms with E-state index in [0.29, 0.717) is 49.0 Å². The van der Waals surface area contributed by atoms with Crippen LogP contribution in [0.25, 0.3) is 5.69 Å². The minimum Gasteiger partial charge on any atom is -0.484 e. The summed E-state index contributed by atoms with van der Waals surface area (Å²) >= 11 is 0. The molecule has 0 bridgehead atoms. The Hall–Kier alpha value is -3.35. The van der Waals surface area contributed by atoms with Gasteiger partial charge in [-0.05, 0) is 47.2 Å². The van der Waals surface area contributed by atoms with E-state index in [1.54, 1.807) is 43.3 Å². The van der Waals surface area contributed by atoms with E-state index < -0.39 is 15.9 Å². The van der Waals surface area contributed by atoms with Crippen molar-refractivity contribution in [3.8, 4) is 11.4 Å². The number of rotatable bonds is 7. The van der Waals surface area contributed by atoms with E-state index in [9.17, 15) is 13.2 Å². The summed E-state index contributed by atoms with van der Waals surface area (Å²) in [6.07, 6.45) is 1.45. The summed E-state index contributed by atoms with van der Waals surface area (Å²) in [6.45, 7) is 2.80. The lowest BCUT2D eigenvalue weighted by Crippen LogP contribution is -2.40. The number of carbonyl (C=O) groups is 1. The number of aromatic nitrogens is 4. The molecule has 3 aromatic rings. The highest BCUT2D eigenvalue weighted by Gasteiger charge is 2.28. The van der Waals surface area contributed by atoms with Crippen molar-refractivity contribution in [3.63, 3.8) is 0 Å². The number of ether oxygens (including phenoxy) is 2. The Bertz CT molecular complexity index is 1190. The maximum absolute atomic E-state index is 13.0. The molecule has 11 nitrogen and oxygen atoms in total. The van der Waals surface area contributed by atoms with Gasteiger partial charge in [-0.1, -0.05) is 12.1 Å². The molecule has 0 radical (unpaired) electrons. The van der Waals surface area contributed by atoms with Crippen LogP contribution in [0.4, 0.5) is 5.69 Å². The molecule has 32 heavy (non-hydrogen) atoms. The first kappa shape index (κ1) is 21.9. The lowest BCUT2D eigenvalue weighted by molar-refractivity contribution is -0.118. The summed E-state index contributed by atoms with van der Waals surface area (Å²) in [5, 5.41) is 13.7. The molecular formula is C20H22N6O5S. The summed E-state index contributed by atoms with van der Waals surface area (Å²) in [7, 11) is -3.68. The number of carbonyl (C=O) groups excluding carboxylic acids is 1. The Balaban J connectivity index is 1.42. The van der Waals surface area contributed by atoms with Gasteiger partial charge in [0.25, 0.3) is 5.91 Å². The Morgan fingerprint density at radius 3 is 2.75 bits per heavy atom. The molecule has 0 saturated carbocycles. The number of benzene rings is 2. The summed E-state index contributed by atoms with van der Waals surface area (Å²) in [5.41, 5.74) is 1.66. The summed E-state index contributed by atoms with van der Waals surface area (Å²) in [5.74, 6) is 0.0454. The normalized spacial score (nSPS) is 14.8. The summed E-state index contributed by atoms with van der Waals surface area (Å²) < 4.78 is 39.7. The van der Waals surface area contributed by atoms with Crippen molar-refractivity contribution in [2.75, 3.05) is 38.2 Å². The molecule has 2 aromatic carbocycles. The van der Waals surface area contributed by atoms with Crippen LogP contribution in [-0.4, -0.2) is 71.7 Å². The van der Waals surface area contributed by atoms with Gasteiger partial charge in [-0.15, -0.1) is 5.10 Å². The van der Waals surface area contributed by atoms with Gasteiger partial charge in [0.2, 0.25) is 10.0 Å². The van der Waals surface area contributed by atoms with Crippen LogP contribution in [0.5, 0.6) is 5.75 Å². The molecule has 1 N–H and O–H groups in total. The minimum absolute atomic E-state index is 0.160. The fourth-order valence-electron chi connectivity index (χ4n) is 3.22. The Labute approximate surface area is 185 Å². The highest BCUT2D eigenvalue weighted by molar-refractivity contribution is 7.89. The van der Waals surface area contributed by atoms with Crippen LogP contribution < -0.4 is 10.1 Å². The molecule has 1 saturated heterocycles. The highest BCUT2D eigenvalue weighted by Crippen LogP contribution is 2.24. The molecular weight excluding hydrogens is 436 g/mol. The molecule has 1 amide bonds. The zero-order valence-corrected chi connectivity index (χ0v) is 18.2. The number of sulfonamides is 1. The predicted molar refractivity (Wildman–Crippen MR) is 114 cm³/mol. The third kappa shape index (κ3) is 4.93. The number of tetrazole rings is 1. The summed E-state index contributed by atoms with van der Waals surface area (Å²) in [4.78, 5) is 12.6. The van der Waals surface area contributed by atoms with Crippen molar-refractivity contribution in [2.24, 2.45) is 0 Å². The van der Waals surface area contributed by atoms with Crippen LogP contribution in [-0.2, 0) is 19.6 Å². The molecule has 0 aliphatic carbocycles. The molecule has 2 heterocycles. The third-order valence-corrected chi connectivity index (χ3v) is 6.90. The number of aryl methyl sites for hydroxylation is 1. The summed E-state index contributed by atoms with van der Waals surface area (Å²) in [6, 6.07) is 11.8. The van der Waals surface area contributed by atoms with E-state index >= 15 is 0 Å². The van der Waals surface area contributed by atoms with Crippen LogP contribution >= 0.6 is 0 Å². The van der Waals surface area contributed by atoms with Gasteiger partial charge in [0.15, 0.2) is 6.61 Å². The number of amides is 1. The number of morpholine rings is 1. The first-order valence-corrected chi connectivity index (χ1v) is 11.3. The van der Waals surface area contributed by atoms with Crippen LogP contribution in [0.3, 0.4) is 0 Å². The Morgan fingerprint density at radius 2 is 2.00 bits per heavy atom. The standard InChI is InChI=1S/C20H22N6O5S/c1-15-5-6-16(11-19(15)32(28,29)25-7-9-30-10-8-25)22-20(27)13-31-18-4-2-3-17(12-18)26-14-21-23-24-26/h2-6,11-12,14H,7-10,13H2,1H3,(H,22,27). The molecule has 0 spiro atoms.